The van der Waals surface area contributed by atoms with Gasteiger partial charge in [0.05, 0.1) is 19.8 Å². The van der Waals surface area contributed by atoms with Crippen molar-refractivity contribution >= 4 is 23.4 Å². The normalized spacial score (nSPS) is 30.4. The maximum atomic E-state index is 12.6. The molecule has 1 spiro atoms. The number of morpholine rings is 1. The topological polar surface area (TPSA) is 97.1 Å². The molecule has 8 nitrogen and oxygen atoms in total. The van der Waals surface area contributed by atoms with Gasteiger partial charge in [-0.05, 0) is 24.3 Å². The molecule has 0 unspecified atom stereocenters. The Morgan fingerprint density at radius 1 is 1.45 bits per heavy atom. The summed E-state index contributed by atoms with van der Waals surface area (Å²) < 4.78 is 17.0. The first-order valence-electron chi connectivity index (χ1n) is 9.64. The van der Waals surface area contributed by atoms with Crippen molar-refractivity contribution in [3.63, 3.8) is 0 Å². The van der Waals surface area contributed by atoms with Gasteiger partial charge in [0.1, 0.15) is 5.60 Å². The minimum absolute atomic E-state index is 0.0166. The second kappa shape index (κ2) is 6.98. The van der Waals surface area contributed by atoms with E-state index in [-0.39, 0.29) is 30.1 Å². The van der Waals surface area contributed by atoms with Crippen LogP contribution in [0.15, 0.2) is 28.8 Å². The Morgan fingerprint density at radius 2 is 2.24 bits per heavy atom. The average molecular weight is 420 g/mol. The van der Waals surface area contributed by atoms with Gasteiger partial charge in [-0.3, -0.25) is 0 Å². The molecule has 29 heavy (non-hydrogen) atoms. The number of fused-ring (bicyclic) bond motifs is 1. The summed E-state index contributed by atoms with van der Waals surface area (Å²) in [5.74, 6) is 0.471. The first kappa shape index (κ1) is 18.9. The molecule has 2 N–H and O–H groups in total. The van der Waals surface area contributed by atoms with E-state index >= 15 is 0 Å². The zero-order valence-corrected chi connectivity index (χ0v) is 16.7. The van der Waals surface area contributed by atoms with Gasteiger partial charge in [-0.2, -0.15) is 0 Å². The van der Waals surface area contributed by atoms with E-state index in [1.54, 1.807) is 24.3 Å². The molecule has 0 radical (unpaired) electrons. The number of rotatable bonds is 4. The highest BCUT2D eigenvalue weighted by atomic mass is 35.5. The third kappa shape index (κ3) is 2.85. The van der Waals surface area contributed by atoms with Crippen LogP contribution < -0.4 is 10.2 Å². The number of nitrogens with one attached hydrogen (secondary N) is 1. The second-order valence-corrected chi connectivity index (χ2v) is 8.33. The summed E-state index contributed by atoms with van der Waals surface area (Å²) in [6, 6.07) is 7.01. The fraction of sp³-hybridized carbons (Fsp3) is 0.500. The average Bonchev–Trinajstić information content (AvgIpc) is 3.36. The van der Waals surface area contributed by atoms with Crippen LogP contribution in [0, 0.1) is 11.8 Å². The number of aromatic nitrogens is 1. The van der Waals surface area contributed by atoms with Crippen LogP contribution in [0.4, 0.5) is 5.82 Å². The van der Waals surface area contributed by atoms with Gasteiger partial charge in [0, 0.05) is 48.7 Å². The molecule has 4 heterocycles. The van der Waals surface area contributed by atoms with Crippen molar-refractivity contribution in [3.8, 4) is 11.3 Å². The largest absolute Gasteiger partial charge is 0.465 e. The maximum absolute atomic E-state index is 12.6. The quantitative estimate of drug-likeness (QED) is 0.721. The van der Waals surface area contributed by atoms with E-state index in [1.807, 2.05) is 4.90 Å². The first-order valence-corrected chi connectivity index (χ1v) is 10.0. The molecule has 154 valence electrons. The van der Waals surface area contributed by atoms with E-state index in [1.165, 1.54) is 7.11 Å². The number of hydrogen-bond acceptors (Lipinski definition) is 8. The summed E-state index contributed by atoms with van der Waals surface area (Å²) in [4.78, 5) is 14.6. The van der Waals surface area contributed by atoms with Crippen molar-refractivity contribution in [2.45, 2.75) is 11.7 Å². The summed E-state index contributed by atoms with van der Waals surface area (Å²) in [6.45, 7) is 2.72. The lowest BCUT2D eigenvalue weighted by Gasteiger charge is -2.33. The van der Waals surface area contributed by atoms with Gasteiger partial charge in [0.2, 0.25) is 0 Å². The number of aliphatic hydroxyl groups is 1. The van der Waals surface area contributed by atoms with Gasteiger partial charge >= 0.3 is 5.97 Å². The van der Waals surface area contributed by atoms with Crippen LogP contribution in [0.5, 0.6) is 0 Å². The van der Waals surface area contributed by atoms with Gasteiger partial charge in [0.25, 0.3) is 0 Å². The number of nitrogens with zero attached hydrogens (tertiary/aromatic N) is 2. The van der Waals surface area contributed by atoms with Gasteiger partial charge in [-0.1, -0.05) is 16.8 Å². The number of hydrogen-bond donors (Lipinski definition) is 2. The Kier molecular flexibility index (Phi) is 4.54. The highest BCUT2D eigenvalue weighted by Gasteiger charge is 2.61. The molecule has 2 aromatic rings. The van der Waals surface area contributed by atoms with E-state index in [0.717, 1.165) is 6.54 Å². The zero-order valence-electron chi connectivity index (χ0n) is 15.9. The Hall–Kier alpha value is -2.13. The highest BCUT2D eigenvalue weighted by molar-refractivity contribution is 6.30. The van der Waals surface area contributed by atoms with Crippen LogP contribution in [-0.4, -0.2) is 67.8 Å². The molecule has 4 atom stereocenters. The lowest BCUT2D eigenvalue weighted by Crippen LogP contribution is -2.52. The predicted octanol–water partition coefficient (Wildman–Crippen LogP) is 1.57. The molecule has 2 bridgehead atoms. The smallest absolute Gasteiger partial charge is 0.345 e. The van der Waals surface area contributed by atoms with E-state index in [9.17, 15) is 9.90 Å². The van der Waals surface area contributed by atoms with Gasteiger partial charge in [-0.25, -0.2) is 4.79 Å². The van der Waals surface area contributed by atoms with E-state index in [2.05, 4.69) is 10.5 Å². The zero-order chi connectivity index (χ0) is 20.2. The van der Waals surface area contributed by atoms with Crippen LogP contribution in [0.25, 0.3) is 11.3 Å². The van der Waals surface area contributed by atoms with E-state index < -0.39 is 11.6 Å². The number of carbonyl (C=O) groups excluding carboxylic acids is 1. The van der Waals surface area contributed by atoms with Crippen molar-refractivity contribution in [1.82, 2.24) is 10.5 Å². The Balaban J connectivity index is 1.52. The molecular weight excluding hydrogens is 398 g/mol. The van der Waals surface area contributed by atoms with Crippen molar-refractivity contribution < 1.29 is 23.9 Å². The molecule has 3 saturated heterocycles. The summed E-state index contributed by atoms with van der Waals surface area (Å²) in [5, 5.41) is 18.2. The number of benzene rings is 1. The molecule has 1 aromatic carbocycles. The molecule has 3 fully saturated rings. The van der Waals surface area contributed by atoms with Crippen LogP contribution in [0.2, 0.25) is 5.02 Å². The van der Waals surface area contributed by atoms with Gasteiger partial charge in [-0.15, -0.1) is 0 Å². The monoisotopic (exact) mass is 419 g/mol. The lowest BCUT2D eigenvalue weighted by molar-refractivity contribution is -0.0654. The molecule has 9 heteroatoms. The Morgan fingerprint density at radius 3 is 2.97 bits per heavy atom. The number of carbonyl (C=O) groups is 1. The highest BCUT2D eigenvalue weighted by Crippen LogP contribution is 2.49. The Labute approximate surface area is 172 Å². The number of anilines is 1. The van der Waals surface area contributed by atoms with E-state index in [4.69, 9.17) is 25.6 Å². The van der Waals surface area contributed by atoms with Crippen molar-refractivity contribution in [3.05, 3.63) is 34.9 Å². The fourth-order valence-electron chi connectivity index (χ4n) is 5.04. The summed E-state index contributed by atoms with van der Waals surface area (Å²) in [7, 11) is 1.34. The first-order chi connectivity index (χ1) is 14.1. The summed E-state index contributed by atoms with van der Waals surface area (Å²) >= 11 is 5.98. The molecule has 5 rings (SSSR count). The Bertz CT molecular complexity index is 933. The molecule has 3 aliphatic rings. The molecule has 0 saturated carbocycles. The molecular formula is C20H22ClN3O5. The van der Waals surface area contributed by atoms with E-state index in [0.29, 0.717) is 41.8 Å². The van der Waals surface area contributed by atoms with Crippen LogP contribution in [0.3, 0.4) is 0 Å². The molecule has 0 amide bonds. The summed E-state index contributed by atoms with van der Waals surface area (Å²) in [6.07, 6.45) is 0.0166. The van der Waals surface area contributed by atoms with Gasteiger partial charge < -0.3 is 29.3 Å². The standard InChI is InChI=1S/C20H22ClN3O5/c1-27-19(26)16-17(11-2-4-12(21)5-3-11)29-23-18(16)24-7-14-13(8-25)15-6-22-9-20(14,10-24)28-15/h2-5,13-15,22,25H,6-10H2,1H3/t13-,14+,15+,20+/m0/s1. The number of esters is 1. The van der Waals surface area contributed by atoms with Crippen LogP contribution >= 0.6 is 11.6 Å². The number of halogens is 1. The minimum Gasteiger partial charge on any atom is -0.465 e. The SMILES string of the molecule is COC(=O)c1c(N2C[C@@H]3[C@H](CO)[C@H]4CNC[C@]3(C2)O4)noc1-c1ccc(Cl)cc1. The summed E-state index contributed by atoms with van der Waals surface area (Å²) in [5.41, 5.74) is 0.574. The number of ether oxygens (including phenoxy) is 2. The molecule has 1 aromatic heterocycles. The predicted molar refractivity (Wildman–Crippen MR) is 105 cm³/mol. The molecule has 0 aliphatic carbocycles. The van der Waals surface area contributed by atoms with Crippen LogP contribution in [0.1, 0.15) is 10.4 Å². The van der Waals surface area contributed by atoms with Crippen LogP contribution in [-0.2, 0) is 9.47 Å². The lowest BCUT2D eigenvalue weighted by atomic mass is 9.83. The maximum Gasteiger partial charge on any atom is 0.345 e. The minimum atomic E-state index is -0.514. The molecule has 3 aliphatic heterocycles. The number of methoxy groups -OCH3 is 1. The fourth-order valence-corrected chi connectivity index (χ4v) is 5.17. The van der Waals surface area contributed by atoms with Crippen molar-refractivity contribution in [2.75, 3.05) is 44.8 Å². The number of aliphatic hydroxyl groups excluding tert-OH is 1. The third-order valence-electron chi connectivity index (χ3n) is 6.38. The third-order valence-corrected chi connectivity index (χ3v) is 6.63. The second-order valence-electron chi connectivity index (χ2n) is 7.89. The van der Waals surface area contributed by atoms with Gasteiger partial charge in [0.15, 0.2) is 17.1 Å². The van der Waals surface area contributed by atoms with Crippen molar-refractivity contribution in [2.24, 2.45) is 11.8 Å². The van der Waals surface area contributed by atoms with Crippen molar-refractivity contribution in [1.29, 1.82) is 0 Å².